The van der Waals surface area contributed by atoms with Crippen LogP contribution in [0.15, 0.2) is 11.3 Å². The average molecular weight is 182 g/mol. The van der Waals surface area contributed by atoms with E-state index in [1.165, 1.54) is 50.5 Å². The summed E-state index contributed by atoms with van der Waals surface area (Å²) in [6.45, 7) is 2.08. The lowest BCUT2D eigenvalue weighted by molar-refractivity contribution is 0.371. The Balaban J connectivity index is 2.40. The van der Waals surface area contributed by atoms with Gasteiger partial charge < -0.3 is 5.11 Å². The highest BCUT2D eigenvalue weighted by molar-refractivity contribution is 5.04. The molecule has 0 aliphatic heterocycles. The fourth-order valence-electron chi connectivity index (χ4n) is 1.92. The van der Waals surface area contributed by atoms with E-state index in [1.54, 1.807) is 0 Å². The van der Waals surface area contributed by atoms with Crippen LogP contribution in [0.5, 0.6) is 0 Å². The molecule has 1 N–H and O–H groups in total. The van der Waals surface area contributed by atoms with Crippen LogP contribution in [0, 0.1) is 0 Å². The van der Waals surface area contributed by atoms with Gasteiger partial charge in [0, 0.05) is 6.42 Å². The van der Waals surface area contributed by atoms with Crippen molar-refractivity contribution < 1.29 is 5.11 Å². The number of aliphatic hydroxyl groups is 1. The van der Waals surface area contributed by atoms with Crippen molar-refractivity contribution in [2.24, 2.45) is 0 Å². The lowest BCUT2D eigenvalue weighted by atomic mass is 10.1. The molecule has 0 saturated carbocycles. The quantitative estimate of drug-likeness (QED) is 0.590. The molecule has 0 radical (unpaired) electrons. The summed E-state index contributed by atoms with van der Waals surface area (Å²) in [5.74, 6) is 0.668. The first-order chi connectivity index (χ1) is 6.30. The van der Waals surface area contributed by atoms with Crippen LogP contribution in [0.1, 0.15) is 64.7 Å². The van der Waals surface area contributed by atoms with E-state index in [0.717, 1.165) is 12.8 Å². The normalized spacial score (nSPS) is 28.1. The maximum atomic E-state index is 9.67. The summed E-state index contributed by atoms with van der Waals surface area (Å²) in [5.41, 5.74) is 1.22. The molecule has 1 nitrogen and oxygen atoms in total. The van der Waals surface area contributed by atoms with Gasteiger partial charge in [-0.15, -0.1) is 0 Å². The van der Waals surface area contributed by atoms with Crippen LogP contribution in [0.25, 0.3) is 0 Å². The smallest absolute Gasteiger partial charge is 0.0911 e. The predicted octanol–water partition coefficient (Wildman–Crippen LogP) is 4.34. The van der Waals surface area contributed by atoms with E-state index in [-0.39, 0.29) is 0 Å². The van der Waals surface area contributed by atoms with Crippen LogP contribution in [-0.2, 0) is 0 Å². The van der Waals surface area contributed by atoms with Crippen LogP contribution in [0.4, 0.5) is 0 Å². The van der Waals surface area contributed by atoms with Crippen molar-refractivity contribution in [3.63, 3.8) is 0 Å². The van der Waals surface area contributed by atoms with Crippen molar-refractivity contribution in [2.45, 2.75) is 64.7 Å². The molecule has 76 valence electrons. The molecule has 0 aromatic carbocycles. The first kappa shape index (κ1) is 10.6. The van der Waals surface area contributed by atoms with E-state index in [2.05, 4.69) is 6.92 Å². The zero-order chi connectivity index (χ0) is 9.52. The molecule has 1 aliphatic carbocycles. The summed E-state index contributed by atoms with van der Waals surface area (Å²) in [5, 5.41) is 9.67. The third kappa shape index (κ3) is 4.35. The Morgan fingerprint density at radius 2 is 1.23 bits per heavy atom. The fourth-order valence-corrected chi connectivity index (χ4v) is 1.92. The second-order valence-corrected chi connectivity index (χ2v) is 4.20. The summed E-state index contributed by atoms with van der Waals surface area (Å²) < 4.78 is 0. The van der Waals surface area contributed by atoms with Gasteiger partial charge >= 0.3 is 0 Å². The second-order valence-electron chi connectivity index (χ2n) is 4.20. The van der Waals surface area contributed by atoms with Crippen LogP contribution >= 0.6 is 0 Å². The van der Waals surface area contributed by atoms with Crippen LogP contribution < -0.4 is 0 Å². The Hall–Kier alpha value is -0.460. The minimum atomic E-state index is 0.668. The SMILES string of the molecule is C/C1=C(\O)CCCCCCCCC1. The van der Waals surface area contributed by atoms with Gasteiger partial charge in [0.05, 0.1) is 5.76 Å². The van der Waals surface area contributed by atoms with Gasteiger partial charge in [-0.05, 0) is 31.8 Å². The Bertz CT molecular complexity index is 152. The third-order valence-electron chi connectivity index (χ3n) is 2.96. The monoisotopic (exact) mass is 182 g/mol. The van der Waals surface area contributed by atoms with Crippen molar-refractivity contribution >= 4 is 0 Å². The van der Waals surface area contributed by atoms with Crippen molar-refractivity contribution in [1.82, 2.24) is 0 Å². The molecule has 1 aliphatic rings. The number of hydrogen-bond donors (Lipinski definition) is 1. The lowest BCUT2D eigenvalue weighted by Crippen LogP contribution is -1.88. The first-order valence-electron chi connectivity index (χ1n) is 5.68. The molecule has 0 amide bonds. The molecule has 0 atom stereocenters. The minimum Gasteiger partial charge on any atom is -0.512 e. The summed E-state index contributed by atoms with van der Waals surface area (Å²) >= 11 is 0. The van der Waals surface area contributed by atoms with Gasteiger partial charge in [-0.2, -0.15) is 0 Å². The number of hydrogen-bond acceptors (Lipinski definition) is 1. The Morgan fingerprint density at radius 3 is 1.85 bits per heavy atom. The number of allylic oxidation sites excluding steroid dienone is 2. The Morgan fingerprint density at radius 1 is 0.769 bits per heavy atom. The van der Waals surface area contributed by atoms with Crippen LogP contribution in [0.3, 0.4) is 0 Å². The molecule has 0 bridgehead atoms. The summed E-state index contributed by atoms with van der Waals surface area (Å²) in [4.78, 5) is 0. The lowest BCUT2D eigenvalue weighted by Gasteiger charge is -2.04. The van der Waals surface area contributed by atoms with Gasteiger partial charge in [-0.3, -0.25) is 0 Å². The van der Waals surface area contributed by atoms with Crippen molar-refractivity contribution in [2.75, 3.05) is 0 Å². The molecule has 0 aromatic heterocycles. The van der Waals surface area contributed by atoms with Gasteiger partial charge in [-0.1, -0.05) is 32.1 Å². The topological polar surface area (TPSA) is 20.2 Å². The first-order valence-corrected chi connectivity index (χ1v) is 5.68. The predicted molar refractivity (Wildman–Crippen MR) is 56.9 cm³/mol. The molecule has 13 heavy (non-hydrogen) atoms. The zero-order valence-electron chi connectivity index (χ0n) is 8.81. The minimum absolute atomic E-state index is 0.668. The van der Waals surface area contributed by atoms with Gasteiger partial charge in [0.15, 0.2) is 0 Å². The fraction of sp³-hybridized carbons (Fsp3) is 0.833. The second kappa shape index (κ2) is 6.06. The highest BCUT2D eigenvalue weighted by atomic mass is 16.3. The molecule has 0 aromatic rings. The van der Waals surface area contributed by atoms with Crippen molar-refractivity contribution in [3.05, 3.63) is 11.3 Å². The number of aliphatic hydroxyl groups excluding tert-OH is 1. The standard InChI is InChI=1S/C12H22O/c1-11-9-7-5-3-2-4-6-8-10-12(11)13/h13H,2-10H2,1H3/b12-11+. The van der Waals surface area contributed by atoms with E-state index >= 15 is 0 Å². The van der Waals surface area contributed by atoms with E-state index in [4.69, 9.17) is 0 Å². The van der Waals surface area contributed by atoms with Gasteiger partial charge in [-0.25, -0.2) is 0 Å². The van der Waals surface area contributed by atoms with E-state index in [1.807, 2.05) is 0 Å². The molecule has 1 heteroatoms. The zero-order valence-corrected chi connectivity index (χ0v) is 8.81. The largest absolute Gasteiger partial charge is 0.512 e. The molecule has 0 fully saturated rings. The van der Waals surface area contributed by atoms with Crippen molar-refractivity contribution in [3.8, 4) is 0 Å². The van der Waals surface area contributed by atoms with Crippen LogP contribution in [0.2, 0.25) is 0 Å². The molecular weight excluding hydrogens is 160 g/mol. The summed E-state index contributed by atoms with van der Waals surface area (Å²) in [7, 11) is 0. The molecule has 0 unspecified atom stereocenters. The number of rotatable bonds is 0. The Kier molecular flexibility index (Phi) is 4.95. The molecule has 1 rings (SSSR count). The van der Waals surface area contributed by atoms with Crippen LogP contribution in [-0.4, -0.2) is 5.11 Å². The molecule has 0 heterocycles. The highest BCUT2D eigenvalue weighted by Gasteiger charge is 2.02. The molecule has 0 spiro atoms. The van der Waals surface area contributed by atoms with Gasteiger partial charge in [0.2, 0.25) is 0 Å². The van der Waals surface area contributed by atoms with Crippen molar-refractivity contribution in [1.29, 1.82) is 0 Å². The third-order valence-corrected chi connectivity index (χ3v) is 2.96. The maximum Gasteiger partial charge on any atom is 0.0911 e. The van der Waals surface area contributed by atoms with Gasteiger partial charge in [0.25, 0.3) is 0 Å². The van der Waals surface area contributed by atoms with E-state index < -0.39 is 0 Å². The maximum absolute atomic E-state index is 9.67. The van der Waals surface area contributed by atoms with Gasteiger partial charge in [0.1, 0.15) is 0 Å². The Labute approximate surface area is 81.9 Å². The highest BCUT2D eigenvalue weighted by Crippen LogP contribution is 2.19. The average Bonchev–Trinajstić information content (AvgIpc) is 2.16. The van der Waals surface area contributed by atoms with E-state index in [0.29, 0.717) is 5.76 Å². The van der Waals surface area contributed by atoms with E-state index in [9.17, 15) is 5.11 Å². The summed E-state index contributed by atoms with van der Waals surface area (Å²) in [6.07, 6.45) is 11.2. The molecular formula is C12H22O. The summed E-state index contributed by atoms with van der Waals surface area (Å²) in [6, 6.07) is 0. The molecule has 0 saturated heterocycles.